The smallest absolute Gasteiger partial charge is 0.253 e. The van der Waals surface area contributed by atoms with Crippen molar-refractivity contribution < 1.29 is 14.3 Å². The number of hydrogen-bond acceptors (Lipinski definition) is 5. The fourth-order valence-electron chi connectivity index (χ4n) is 5.42. The van der Waals surface area contributed by atoms with Gasteiger partial charge in [0.05, 0.1) is 23.5 Å². The number of carbonyl (C=O) groups is 2. The Kier molecular flexibility index (Phi) is 8.48. The monoisotopic (exact) mass is 558 g/mol. The van der Waals surface area contributed by atoms with Crippen LogP contribution in [-0.2, 0) is 11.2 Å². The van der Waals surface area contributed by atoms with Gasteiger partial charge in [0.15, 0.2) is 12.0 Å². The van der Waals surface area contributed by atoms with Gasteiger partial charge in [-0.25, -0.2) is 4.98 Å². The van der Waals surface area contributed by atoms with E-state index in [1.807, 2.05) is 111 Å². The van der Waals surface area contributed by atoms with Crippen LogP contribution in [-0.4, -0.2) is 27.9 Å². The number of amides is 2. The molecule has 5 aromatic rings. The van der Waals surface area contributed by atoms with Crippen molar-refractivity contribution in [3.63, 3.8) is 0 Å². The number of rotatable bonds is 10. The highest BCUT2D eigenvalue weighted by molar-refractivity contribution is 6.09. The van der Waals surface area contributed by atoms with E-state index >= 15 is 0 Å². The average molecular weight is 559 g/mol. The normalized spacial score (nSPS) is 12.4. The van der Waals surface area contributed by atoms with E-state index in [1.54, 1.807) is 17.0 Å². The van der Waals surface area contributed by atoms with Gasteiger partial charge in [-0.05, 0) is 36.6 Å². The highest BCUT2D eigenvalue weighted by atomic mass is 16.5. The van der Waals surface area contributed by atoms with Crippen LogP contribution in [0.5, 0.6) is 5.75 Å². The lowest BCUT2D eigenvalue weighted by Crippen LogP contribution is -2.45. The molecule has 0 saturated carbocycles. The van der Waals surface area contributed by atoms with Crippen LogP contribution < -0.4 is 16.2 Å². The van der Waals surface area contributed by atoms with Crippen molar-refractivity contribution in [3.05, 3.63) is 126 Å². The molecule has 0 fully saturated rings. The summed E-state index contributed by atoms with van der Waals surface area (Å²) in [4.78, 5) is 33.8. The molecule has 7 nitrogen and oxygen atoms in total. The first-order valence-electron chi connectivity index (χ1n) is 14.0. The lowest BCUT2D eigenvalue weighted by molar-refractivity contribution is -0.142. The predicted octanol–water partition coefficient (Wildman–Crippen LogP) is 6.53. The molecule has 7 heteroatoms. The fraction of sp³-hybridized carbons (Fsp3) is 0.171. The second-order valence-corrected chi connectivity index (χ2v) is 10.1. The van der Waals surface area contributed by atoms with Gasteiger partial charge in [0.1, 0.15) is 5.69 Å². The number of hydrogen-bond donors (Lipinski definition) is 2. The molecule has 0 radical (unpaired) electrons. The van der Waals surface area contributed by atoms with Gasteiger partial charge in [0, 0.05) is 16.6 Å². The molecule has 0 unspecified atom stereocenters. The number of nitrogens with zero attached hydrogens (tertiary/aromatic N) is 2. The minimum Gasteiger partial charge on any atom is -0.468 e. The molecule has 4 aromatic carbocycles. The van der Waals surface area contributed by atoms with Crippen LogP contribution in [0.3, 0.4) is 0 Å². The first-order chi connectivity index (χ1) is 20.4. The van der Waals surface area contributed by atoms with Crippen LogP contribution in [0.4, 0.5) is 5.69 Å². The molecule has 212 valence electrons. The Morgan fingerprint density at radius 1 is 0.857 bits per heavy atom. The molecule has 42 heavy (non-hydrogen) atoms. The SMILES string of the molecule is CC[C@@H](c1ccccc1)N(C(=O)Cc1ccccc1N)[C@@H](C)Oc1c(-c2ccccc2)nc2ccccc2c1C(N)=O. The van der Waals surface area contributed by atoms with E-state index in [0.29, 0.717) is 28.7 Å². The number of nitrogens with two attached hydrogens (primary N) is 2. The lowest BCUT2D eigenvalue weighted by Gasteiger charge is -2.37. The zero-order chi connectivity index (χ0) is 29.6. The number of anilines is 1. The molecule has 0 spiro atoms. The van der Waals surface area contributed by atoms with Gasteiger partial charge in [-0.15, -0.1) is 0 Å². The Hall–Kier alpha value is -5.17. The number of carbonyl (C=O) groups excluding carboxylic acids is 2. The maximum atomic E-state index is 14.1. The average Bonchev–Trinajstić information content (AvgIpc) is 3.01. The summed E-state index contributed by atoms with van der Waals surface area (Å²) in [6, 6.07) is 33.7. The van der Waals surface area contributed by atoms with E-state index in [4.69, 9.17) is 21.2 Å². The third-order valence-electron chi connectivity index (χ3n) is 7.41. The molecular weight excluding hydrogens is 524 g/mol. The summed E-state index contributed by atoms with van der Waals surface area (Å²) < 4.78 is 6.67. The molecule has 2 atom stereocenters. The summed E-state index contributed by atoms with van der Waals surface area (Å²) in [5, 5.41) is 0.580. The van der Waals surface area contributed by atoms with Gasteiger partial charge in [0.25, 0.3) is 5.91 Å². The van der Waals surface area contributed by atoms with Gasteiger partial charge in [0.2, 0.25) is 5.91 Å². The fourth-order valence-corrected chi connectivity index (χ4v) is 5.42. The molecule has 1 heterocycles. The van der Waals surface area contributed by atoms with Crippen LogP contribution in [0.15, 0.2) is 109 Å². The van der Waals surface area contributed by atoms with Gasteiger partial charge >= 0.3 is 0 Å². The number of benzene rings is 4. The Morgan fingerprint density at radius 2 is 1.48 bits per heavy atom. The number of aromatic nitrogens is 1. The van der Waals surface area contributed by atoms with Crippen molar-refractivity contribution in [3.8, 4) is 17.0 Å². The molecule has 0 saturated heterocycles. The third kappa shape index (κ3) is 5.81. The second-order valence-electron chi connectivity index (χ2n) is 10.1. The predicted molar refractivity (Wildman–Crippen MR) is 167 cm³/mol. The molecule has 5 rings (SSSR count). The first-order valence-corrected chi connectivity index (χ1v) is 14.0. The van der Waals surface area contributed by atoms with Gasteiger partial charge < -0.3 is 16.2 Å². The maximum absolute atomic E-state index is 14.1. The Labute approximate surface area is 245 Å². The second kappa shape index (κ2) is 12.6. The standard InChI is InChI=1S/C35H34N4O3/c1-3-30(24-14-6-4-7-15-24)39(31(40)22-26-18-10-12-20-28(26)36)23(2)42-34-32(35(37)41)27-19-11-13-21-29(27)38-33(34)25-16-8-5-9-17-25/h4-21,23,30H,3,22,36H2,1-2H3,(H2,37,41)/t23-,30+/m1/s1. The van der Waals surface area contributed by atoms with Crippen molar-refractivity contribution in [1.82, 2.24) is 9.88 Å². The molecule has 0 aliphatic carbocycles. The van der Waals surface area contributed by atoms with E-state index in [1.165, 1.54) is 0 Å². The molecule has 0 aliphatic heterocycles. The largest absolute Gasteiger partial charge is 0.468 e. The van der Waals surface area contributed by atoms with E-state index in [2.05, 4.69) is 0 Å². The number of para-hydroxylation sites is 2. The van der Waals surface area contributed by atoms with E-state index in [-0.39, 0.29) is 29.7 Å². The van der Waals surface area contributed by atoms with Crippen molar-refractivity contribution >= 4 is 28.4 Å². The van der Waals surface area contributed by atoms with Gasteiger partial charge in [-0.2, -0.15) is 0 Å². The zero-order valence-electron chi connectivity index (χ0n) is 23.7. The molecule has 4 N–H and O–H groups in total. The van der Waals surface area contributed by atoms with Crippen LogP contribution in [0.1, 0.15) is 47.8 Å². The molecule has 0 aliphatic rings. The number of pyridine rings is 1. The number of nitrogen functional groups attached to an aromatic ring is 1. The Bertz CT molecular complexity index is 1710. The first kappa shape index (κ1) is 28.4. The summed E-state index contributed by atoms with van der Waals surface area (Å²) in [7, 11) is 0. The lowest BCUT2D eigenvalue weighted by atomic mass is 10.0. The number of ether oxygens (including phenoxy) is 1. The highest BCUT2D eigenvalue weighted by Crippen LogP contribution is 2.38. The van der Waals surface area contributed by atoms with Gasteiger partial charge in [-0.3, -0.25) is 14.5 Å². The van der Waals surface area contributed by atoms with Crippen molar-refractivity contribution in [2.75, 3.05) is 5.73 Å². The van der Waals surface area contributed by atoms with E-state index in [0.717, 1.165) is 16.7 Å². The Morgan fingerprint density at radius 3 is 2.14 bits per heavy atom. The van der Waals surface area contributed by atoms with E-state index < -0.39 is 12.1 Å². The summed E-state index contributed by atoms with van der Waals surface area (Å²) >= 11 is 0. The Balaban J connectivity index is 1.64. The summed E-state index contributed by atoms with van der Waals surface area (Å²) in [5.41, 5.74) is 16.5. The minimum atomic E-state index is -0.795. The highest BCUT2D eigenvalue weighted by Gasteiger charge is 2.32. The summed E-state index contributed by atoms with van der Waals surface area (Å²) in [6.07, 6.45) is -0.0673. The van der Waals surface area contributed by atoms with E-state index in [9.17, 15) is 9.59 Å². The molecular formula is C35H34N4O3. The van der Waals surface area contributed by atoms with Crippen molar-refractivity contribution in [2.24, 2.45) is 5.73 Å². The number of fused-ring (bicyclic) bond motifs is 1. The topological polar surface area (TPSA) is 112 Å². The zero-order valence-corrected chi connectivity index (χ0v) is 23.7. The van der Waals surface area contributed by atoms with Crippen LogP contribution >= 0.6 is 0 Å². The summed E-state index contributed by atoms with van der Waals surface area (Å²) in [6.45, 7) is 3.84. The van der Waals surface area contributed by atoms with Gasteiger partial charge in [-0.1, -0.05) is 104 Å². The van der Waals surface area contributed by atoms with Crippen molar-refractivity contribution in [2.45, 2.75) is 39.0 Å². The third-order valence-corrected chi connectivity index (χ3v) is 7.41. The molecule has 2 amide bonds. The van der Waals surface area contributed by atoms with Crippen molar-refractivity contribution in [1.29, 1.82) is 0 Å². The van der Waals surface area contributed by atoms with Crippen LogP contribution in [0.25, 0.3) is 22.2 Å². The quantitative estimate of drug-likeness (QED) is 0.150. The number of primary amides is 1. The molecule has 1 aromatic heterocycles. The molecule has 0 bridgehead atoms. The summed E-state index contributed by atoms with van der Waals surface area (Å²) in [5.74, 6) is -0.565. The van der Waals surface area contributed by atoms with Crippen LogP contribution in [0.2, 0.25) is 0 Å². The minimum absolute atomic E-state index is 0.0912. The van der Waals surface area contributed by atoms with Crippen LogP contribution in [0, 0.1) is 0 Å². The maximum Gasteiger partial charge on any atom is 0.253 e.